The molecular formula is C20H36. The van der Waals surface area contributed by atoms with E-state index in [1.807, 2.05) is 0 Å². The number of hydrogen-bond donors (Lipinski definition) is 0. The first-order valence-electron chi connectivity index (χ1n) is 8.52. The molecule has 0 heteroatoms. The molecule has 0 fully saturated rings. The van der Waals surface area contributed by atoms with E-state index < -0.39 is 0 Å². The zero-order valence-electron chi connectivity index (χ0n) is 14.2. The maximum Gasteiger partial charge on any atom is -0.0137 e. The minimum absolute atomic E-state index is 0.581. The Morgan fingerprint density at radius 1 is 0.900 bits per heavy atom. The second kappa shape index (κ2) is 13.2. The standard InChI is InChI=1S/C20H36/c1-6-7-8-9-10-11-12-13-14-15-16-20(19(4)5)17-18(2)3/h14-15,20H,2,4,6-13,16-17H2,1,3,5H3/b15-14+. The molecule has 0 aromatic rings. The van der Waals surface area contributed by atoms with Crippen molar-refractivity contribution < 1.29 is 0 Å². The summed E-state index contributed by atoms with van der Waals surface area (Å²) in [6.45, 7) is 14.6. The fourth-order valence-corrected chi connectivity index (χ4v) is 2.48. The summed E-state index contributed by atoms with van der Waals surface area (Å²) in [4.78, 5) is 0. The van der Waals surface area contributed by atoms with E-state index in [9.17, 15) is 0 Å². The van der Waals surface area contributed by atoms with E-state index in [-0.39, 0.29) is 0 Å². The first-order valence-corrected chi connectivity index (χ1v) is 8.52. The molecule has 0 nitrogen and oxygen atoms in total. The Morgan fingerprint density at radius 2 is 1.50 bits per heavy atom. The molecule has 0 heterocycles. The quantitative estimate of drug-likeness (QED) is 0.246. The lowest BCUT2D eigenvalue weighted by atomic mass is 9.91. The average molecular weight is 277 g/mol. The van der Waals surface area contributed by atoms with Gasteiger partial charge in [0.05, 0.1) is 0 Å². The van der Waals surface area contributed by atoms with E-state index in [0.717, 1.165) is 12.8 Å². The molecule has 0 aliphatic heterocycles. The van der Waals surface area contributed by atoms with E-state index in [2.05, 4.69) is 46.1 Å². The van der Waals surface area contributed by atoms with Crippen molar-refractivity contribution >= 4 is 0 Å². The molecule has 0 bridgehead atoms. The molecule has 0 saturated carbocycles. The lowest BCUT2D eigenvalue weighted by molar-refractivity contribution is 0.590. The normalized spacial score (nSPS) is 12.8. The molecule has 0 spiro atoms. The predicted octanol–water partition coefficient (Wildman–Crippen LogP) is 7.23. The van der Waals surface area contributed by atoms with Crippen LogP contribution in [0.25, 0.3) is 0 Å². The molecule has 0 rings (SSSR count). The molecule has 0 aromatic carbocycles. The Labute approximate surface area is 128 Å². The molecular weight excluding hydrogens is 240 g/mol. The van der Waals surface area contributed by atoms with Gasteiger partial charge in [0.15, 0.2) is 0 Å². The second-order valence-corrected chi connectivity index (χ2v) is 6.32. The molecule has 0 radical (unpaired) electrons. The van der Waals surface area contributed by atoms with Crippen molar-refractivity contribution in [1.29, 1.82) is 0 Å². The number of hydrogen-bond acceptors (Lipinski definition) is 0. The van der Waals surface area contributed by atoms with Gasteiger partial charge in [-0.15, -0.1) is 6.58 Å². The Bertz CT molecular complexity index is 282. The first-order chi connectivity index (χ1) is 9.57. The largest absolute Gasteiger partial charge is 0.100 e. The van der Waals surface area contributed by atoms with Crippen molar-refractivity contribution in [2.24, 2.45) is 5.92 Å². The van der Waals surface area contributed by atoms with Crippen LogP contribution in [0.5, 0.6) is 0 Å². The minimum atomic E-state index is 0.581. The van der Waals surface area contributed by atoms with Gasteiger partial charge >= 0.3 is 0 Å². The summed E-state index contributed by atoms with van der Waals surface area (Å²) >= 11 is 0. The molecule has 0 amide bonds. The van der Waals surface area contributed by atoms with E-state index in [1.54, 1.807) is 0 Å². The summed E-state index contributed by atoms with van der Waals surface area (Å²) in [5, 5.41) is 0. The summed E-state index contributed by atoms with van der Waals surface area (Å²) in [7, 11) is 0. The molecule has 0 aliphatic carbocycles. The van der Waals surface area contributed by atoms with Crippen LogP contribution in [0.4, 0.5) is 0 Å². The van der Waals surface area contributed by atoms with Gasteiger partial charge in [-0.05, 0) is 45.4 Å². The highest BCUT2D eigenvalue weighted by Gasteiger charge is 2.07. The van der Waals surface area contributed by atoms with Crippen molar-refractivity contribution in [1.82, 2.24) is 0 Å². The van der Waals surface area contributed by atoms with Gasteiger partial charge in [-0.3, -0.25) is 0 Å². The molecule has 116 valence electrons. The molecule has 0 N–H and O–H groups in total. The Kier molecular flexibility index (Phi) is 12.7. The minimum Gasteiger partial charge on any atom is -0.100 e. The third-order valence-electron chi connectivity index (χ3n) is 3.85. The van der Waals surface area contributed by atoms with Crippen molar-refractivity contribution in [3.8, 4) is 0 Å². The third-order valence-corrected chi connectivity index (χ3v) is 3.85. The average Bonchev–Trinajstić information content (AvgIpc) is 2.39. The van der Waals surface area contributed by atoms with E-state index in [4.69, 9.17) is 0 Å². The van der Waals surface area contributed by atoms with Crippen LogP contribution in [0, 0.1) is 5.92 Å². The van der Waals surface area contributed by atoms with Crippen LogP contribution in [-0.2, 0) is 0 Å². The van der Waals surface area contributed by atoms with Crippen LogP contribution in [0.3, 0.4) is 0 Å². The third kappa shape index (κ3) is 12.3. The SMILES string of the molecule is C=C(C)CC(C/C=C/CCCCCCCCC)C(=C)C. The summed E-state index contributed by atoms with van der Waals surface area (Å²) in [6.07, 6.45) is 17.9. The van der Waals surface area contributed by atoms with Crippen LogP contribution in [0.1, 0.15) is 85.0 Å². The van der Waals surface area contributed by atoms with Gasteiger partial charge in [-0.25, -0.2) is 0 Å². The monoisotopic (exact) mass is 276 g/mol. The molecule has 0 saturated heterocycles. The Balaban J connectivity index is 3.58. The smallest absolute Gasteiger partial charge is 0.0137 e. The van der Waals surface area contributed by atoms with Gasteiger partial charge in [0.2, 0.25) is 0 Å². The zero-order valence-corrected chi connectivity index (χ0v) is 14.2. The predicted molar refractivity (Wildman–Crippen MR) is 94.1 cm³/mol. The van der Waals surface area contributed by atoms with Crippen molar-refractivity contribution in [2.45, 2.75) is 85.0 Å². The van der Waals surface area contributed by atoms with E-state index in [1.165, 1.54) is 62.5 Å². The van der Waals surface area contributed by atoms with Gasteiger partial charge < -0.3 is 0 Å². The van der Waals surface area contributed by atoms with E-state index >= 15 is 0 Å². The summed E-state index contributed by atoms with van der Waals surface area (Å²) in [5.41, 5.74) is 2.55. The van der Waals surface area contributed by atoms with Gasteiger partial charge in [0, 0.05) is 0 Å². The van der Waals surface area contributed by atoms with Gasteiger partial charge in [0.1, 0.15) is 0 Å². The highest BCUT2D eigenvalue weighted by atomic mass is 14.1. The Hall–Kier alpha value is -0.780. The molecule has 20 heavy (non-hydrogen) atoms. The van der Waals surface area contributed by atoms with Crippen LogP contribution < -0.4 is 0 Å². The number of rotatable bonds is 13. The summed E-state index contributed by atoms with van der Waals surface area (Å²) in [5.74, 6) is 0.581. The highest BCUT2D eigenvalue weighted by Crippen LogP contribution is 2.21. The molecule has 1 atom stereocenters. The van der Waals surface area contributed by atoms with Gasteiger partial charge in [-0.2, -0.15) is 0 Å². The van der Waals surface area contributed by atoms with Crippen molar-refractivity contribution in [3.63, 3.8) is 0 Å². The zero-order chi connectivity index (χ0) is 15.2. The first kappa shape index (κ1) is 19.2. The summed E-state index contributed by atoms with van der Waals surface area (Å²) < 4.78 is 0. The fraction of sp³-hybridized carbons (Fsp3) is 0.700. The molecule has 1 unspecified atom stereocenters. The lowest BCUT2D eigenvalue weighted by Gasteiger charge is -2.14. The Morgan fingerprint density at radius 3 is 2.05 bits per heavy atom. The summed E-state index contributed by atoms with van der Waals surface area (Å²) in [6, 6.07) is 0. The van der Waals surface area contributed by atoms with Crippen LogP contribution in [0.15, 0.2) is 36.5 Å². The van der Waals surface area contributed by atoms with Gasteiger partial charge in [-0.1, -0.05) is 75.3 Å². The number of unbranched alkanes of at least 4 members (excludes halogenated alkanes) is 7. The molecule has 0 aromatic heterocycles. The van der Waals surface area contributed by atoms with Crippen molar-refractivity contribution in [2.75, 3.05) is 0 Å². The van der Waals surface area contributed by atoms with Crippen LogP contribution in [0.2, 0.25) is 0 Å². The van der Waals surface area contributed by atoms with E-state index in [0.29, 0.717) is 5.92 Å². The molecule has 0 aliphatic rings. The fourth-order valence-electron chi connectivity index (χ4n) is 2.48. The number of allylic oxidation sites excluding steroid dienone is 4. The van der Waals surface area contributed by atoms with Crippen molar-refractivity contribution in [3.05, 3.63) is 36.5 Å². The topological polar surface area (TPSA) is 0 Å². The lowest BCUT2D eigenvalue weighted by Crippen LogP contribution is -2.00. The van der Waals surface area contributed by atoms with Gasteiger partial charge in [0.25, 0.3) is 0 Å². The maximum atomic E-state index is 4.10. The second-order valence-electron chi connectivity index (χ2n) is 6.32. The van der Waals surface area contributed by atoms with Crippen LogP contribution in [-0.4, -0.2) is 0 Å². The highest BCUT2D eigenvalue weighted by molar-refractivity contribution is 5.05. The van der Waals surface area contributed by atoms with Crippen LogP contribution >= 0.6 is 0 Å². The maximum absolute atomic E-state index is 4.10.